The zero-order chi connectivity index (χ0) is 16.7. The summed E-state index contributed by atoms with van der Waals surface area (Å²) >= 11 is 0. The van der Waals surface area contributed by atoms with Crippen LogP contribution in [0.25, 0.3) is 0 Å². The van der Waals surface area contributed by atoms with Crippen LogP contribution in [0.5, 0.6) is 0 Å². The molecule has 7 nitrogen and oxygen atoms in total. The summed E-state index contributed by atoms with van der Waals surface area (Å²) in [5.41, 5.74) is 1.79. The number of hydrogen-bond donors (Lipinski definition) is 2. The number of carbonyl (C=O) groups is 2. The Morgan fingerprint density at radius 2 is 1.78 bits per heavy atom. The second-order valence-electron chi connectivity index (χ2n) is 4.47. The van der Waals surface area contributed by atoms with Crippen molar-refractivity contribution in [3.8, 4) is 0 Å². The van der Waals surface area contributed by atoms with Crippen molar-refractivity contribution >= 4 is 29.3 Å². The Hall–Kier alpha value is -3.09. The minimum atomic E-state index is -0.554. The predicted molar refractivity (Wildman–Crippen MR) is 85.9 cm³/mol. The van der Waals surface area contributed by atoms with Gasteiger partial charge in [-0.05, 0) is 43.3 Å². The highest BCUT2D eigenvalue weighted by atomic mass is 16.5. The SMILES string of the molecule is CCOC(=O)c1ccc(Nc2ccc(NC(=O)OC)cn2)cc1. The Bertz CT molecular complexity index is 669. The van der Waals surface area contributed by atoms with Crippen LogP contribution >= 0.6 is 0 Å². The van der Waals surface area contributed by atoms with Crippen molar-refractivity contribution in [3.63, 3.8) is 0 Å². The maximum atomic E-state index is 11.6. The van der Waals surface area contributed by atoms with Gasteiger partial charge in [0.1, 0.15) is 5.82 Å². The minimum Gasteiger partial charge on any atom is -0.462 e. The summed E-state index contributed by atoms with van der Waals surface area (Å²) in [6.45, 7) is 2.10. The highest BCUT2D eigenvalue weighted by Crippen LogP contribution is 2.17. The lowest BCUT2D eigenvalue weighted by atomic mass is 10.2. The van der Waals surface area contributed by atoms with Crippen molar-refractivity contribution in [2.24, 2.45) is 0 Å². The quantitative estimate of drug-likeness (QED) is 0.824. The number of rotatable bonds is 5. The van der Waals surface area contributed by atoms with E-state index in [1.165, 1.54) is 13.3 Å². The van der Waals surface area contributed by atoms with E-state index in [2.05, 4.69) is 20.4 Å². The summed E-state index contributed by atoms with van der Waals surface area (Å²) < 4.78 is 9.42. The number of nitrogens with one attached hydrogen (secondary N) is 2. The first-order chi connectivity index (χ1) is 11.1. The van der Waals surface area contributed by atoms with E-state index in [-0.39, 0.29) is 5.97 Å². The largest absolute Gasteiger partial charge is 0.462 e. The van der Waals surface area contributed by atoms with E-state index in [4.69, 9.17) is 4.74 Å². The molecular formula is C16H17N3O4. The number of anilines is 3. The van der Waals surface area contributed by atoms with Crippen molar-refractivity contribution in [3.05, 3.63) is 48.2 Å². The van der Waals surface area contributed by atoms with Crippen LogP contribution in [0, 0.1) is 0 Å². The molecule has 7 heteroatoms. The molecule has 0 radical (unpaired) electrons. The minimum absolute atomic E-state index is 0.342. The Kier molecular flexibility index (Phi) is 5.51. The average Bonchev–Trinajstić information content (AvgIpc) is 2.57. The van der Waals surface area contributed by atoms with Gasteiger partial charge in [-0.3, -0.25) is 5.32 Å². The molecule has 1 aromatic heterocycles. The molecule has 2 rings (SSSR count). The normalized spacial score (nSPS) is 9.83. The molecule has 0 unspecified atom stereocenters. The van der Waals surface area contributed by atoms with Crippen LogP contribution in [0.2, 0.25) is 0 Å². The zero-order valence-electron chi connectivity index (χ0n) is 12.8. The van der Waals surface area contributed by atoms with Crippen molar-refractivity contribution in [1.29, 1.82) is 0 Å². The van der Waals surface area contributed by atoms with Crippen molar-refractivity contribution in [2.45, 2.75) is 6.92 Å². The Balaban J connectivity index is 1.99. The number of benzene rings is 1. The summed E-state index contributed by atoms with van der Waals surface area (Å²) in [6, 6.07) is 10.3. The monoisotopic (exact) mass is 315 g/mol. The maximum absolute atomic E-state index is 11.6. The summed E-state index contributed by atoms with van der Waals surface area (Å²) in [5, 5.41) is 5.60. The van der Waals surface area contributed by atoms with Gasteiger partial charge in [-0.1, -0.05) is 0 Å². The molecular weight excluding hydrogens is 298 g/mol. The Morgan fingerprint density at radius 1 is 1.09 bits per heavy atom. The van der Waals surface area contributed by atoms with Gasteiger partial charge in [0.15, 0.2) is 0 Å². The number of hydrogen-bond acceptors (Lipinski definition) is 6. The molecule has 0 aliphatic rings. The van der Waals surface area contributed by atoms with Gasteiger partial charge in [0.2, 0.25) is 0 Å². The second kappa shape index (κ2) is 7.79. The number of carbonyl (C=O) groups excluding carboxylic acids is 2. The highest BCUT2D eigenvalue weighted by molar-refractivity contribution is 5.90. The number of aromatic nitrogens is 1. The molecule has 0 bridgehead atoms. The van der Waals surface area contributed by atoms with Crippen LogP contribution < -0.4 is 10.6 Å². The van der Waals surface area contributed by atoms with E-state index in [1.807, 2.05) is 0 Å². The maximum Gasteiger partial charge on any atom is 0.411 e. The van der Waals surface area contributed by atoms with Crippen molar-refractivity contribution in [1.82, 2.24) is 4.98 Å². The molecule has 0 saturated heterocycles. The summed E-state index contributed by atoms with van der Waals surface area (Å²) in [4.78, 5) is 26.8. The lowest BCUT2D eigenvalue weighted by Gasteiger charge is -2.08. The molecule has 23 heavy (non-hydrogen) atoms. The molecule has 2 N–H and O–H groups in total. The highest BCUT2D eigenvalue weighted by Gasteiger charge is 2.06. The fourth-order valence-electron chi connectivity index (χ4n) is 1.76. The molecule has 0 spiro atoms. The van der Waals surface area contributed by atoms with E-state index in [1.54, 1.807) is 43.3 Å². The molecule has 1 heterocycles. The third kappa shape index (κ3) is 4.70. The number of ether oxygens (including phenoxy) is 2. The zero-order valence-corrected chi connectivity index (χ0v) is 12.8. The third-order valence-electron chi connectivity index (χ3n) is 2.86. The van der Waals surface area contributed by atoms with Crippen molar-refractivity contribution in [2.75, 3.05) is 24.4 Å². The molecule has 2 aromatic rings. The third-order valence-corrected chi connectivity index (χ3v) is 2.86. The van der Waals surface area contributed by atoms with E-state index in [9.17, 15) is 9.59 Å². The first kappa shape index (κ1) is 16.3. The van der Waals surface area contributed by atoms with Gasteiger partial charge in [-0.2, -0.15) is 0 Å². The van der Waals surface area contributed by atoms with Crippen molar-refractivity contribution < 1.29 is 19.1 Å². The van der Waals surface area contributed by atoms with Gasteiger partial charge in [0.05, 0.1) is 31.2 Å². The smallest absolute Gasteiger partial charge is 0.411 e. The van der Waals surface area contributed by atoms with Crippen LogP contribution in [-0.2, 0) is 9.47 Å². The fourth-order valence-corrected chi connectivity index (χ4v) is 1.76. The standard InChI is InChI=1S/C16H17N3O4/c1-3-23-15(20)11-4-6-12(7-5-11)18-14-9-8-13(10-17-14)19-16(21)22-2/h4-10H,3H2,1-2H3,(H,17,18)(H,19,21). The molecule has 0 fully saturated rings. The van der Waals surface area contributed by atoms with Gasteiger partial charge in [0, 0.05) is 5.69 Å². The van der Waals surface area contributed by atoms with E-state index < -0.39 is 6.09 Å². The first-order valence-electron chi connectivity index (χ1n) is 6.97. The van der Waals surface area contributed by atoms with E-state index in [0.29, 0.717) is 23.7 Å². The van der Waals surface area contributed by atoms with Crippen LogP contribution in [0.4, 0.5) is 22.0 Å². The molecule has 0 saturated carbocycles. The fraction of sp³-hybridized carbons (Fsp3) is 0.188. The Labute approximate surface area is 133 Å². The number of amides is 1. The summed E-state index contributed by atoms with van der Waals surface area (Å²) in [5.74, 6) is 0.250. The number of pyridine rings is 1. The van der Waals surface area contributed by atoms with Gasteiger partial charge in [0.25, 0.3) is 0 Å². The van der Waals surface area contributed by atoms with Gasteiger partial charge in [-0.25, -0.2) is 14.6 Å². The molecule has 0 aliphatic carbocycles. The van der Waals surface area contributed by atoms with Gasteiger partial charge < -0.3 is 14.8 Å². The number of nitrogens with zero attached hydrogens (tertiary/aromatic N) is 1. The van der Waals surface area contributed by atoms with Crippen LogP contribution in [0.3, 0.4) is 0 Å². The number of esters is 1. The summed E-state index contributed by atoms with van der Waals surface area (Å²) in [7, 11) is 1.29. The first-order valence-corrected chi connectivity index (χ1v) is 6.97. The topological polar surface area (TPSA) is 89.6 Å². The summed E-state index contributed by atoms with van der Waals surface area (Å²) in [6.07, 6.45) is 0.953. The number of methoxy groups -OCH3 is 1. The average molecular weight is 315 g/mol. The lowest BCUT2D eigenvalue weighted by Crippen LogP contribution is -2.11. The van der Waals surface area contributed by atoms with E-state index in [0.717, 1.165) is 5.69 Å². The molecule has 1 amide bonds. The molecule has 120 valence electrons. The molecule has 0 atom stereocenters. The van der Waals surface area contributed by atoms with Gasteiger partial charge >= 0.3 is 12.1 Å². The predicted octanol–water partition coefficient (Wildman–Crippen LogP) is 3.18. The molecule has 1 aromatic carbocycles. The second-order valence-corrected chi connectivity index (χ2v) is 4.47. The lowest BCUT2D eigenvalue weighted by molar-refractivity contribution is 0.0526. The Morgan fingerprint density at radius 3 is 2.35 bits per heavy atom. The molecule has 0 aliphatic heterocycles. The van der Waals surface area contributed by atoms with Gasteiger partial charge in [-0.15, -0.1) is 0 Å². The van der Waals surface area contributed by atoms with Crippen LogP contribution in [0.1, 0.15) is 17.3 Å². The van der Waals surface area contributed by atoms with Crippen LogP contribution in [-0.4, -0.2) is 30.8 Å². The van der Waals surface area contributed by atoms with E-state index >= 15 is 0 Å². The van der Waals surface area contributed by atoms with Crippen LogP contribution in [0.15, 0.2) is 42.6 Å².